The summed E-state index contributed by atoms with van der Waals surface area (Å²) in [5.74, 6) is 3.48. The van der Waals surface area contributed by atoms with E-state index in [1.54, 1.807) is 11.8 Å². The van der Waals surface area contributed by atoms with Crippen LogP contribution in [0, 0.1) is 5.92 Å². The molecule has 0 aromatic heterocycles. The highest BCUT2D eigenvalue weighted by Gasteiger charge is 2.16. The van der Waals surface area contributed by atoms with E-state index in [0.717, 1.165) is 40.3 Å². The van der Waals surface area contributed by atoms with Crippen molar-refractivity contribution in [2.24, 2.45) is 5.92 Å². The summed E-state index contributed by atoms with van der Waals surface area (Å²) in [4.78, 5) is 11.7. The highest BCUT2D eigenvalue weighted by atomic mass is 79.9. The third-order valence-electron chi connectivity index (χ3n) is 3.08. The molecule has 21 heavy (non-hydrogen) atoms. The van der Waals surface area contributed by atoms with Crippen molar-refractivity contribution < 1.29 is 14.3 Å². The Bertz CT molecular complexity index is 508. The van der Waals surface area contributed by atoms with Crippen molar-refractivity contribution in [1.29, 1.82) is 0 Å². The van der Waals surface area contributed by atoms with Crippen LogP contribution in [0.1, 0.15) is 25.8 Å². The molecule has 4 nitrogen and oxygen atoms in total. The number of hydrogen-bond donors (Lipinski definition) is 1. The van der Waals surface area contributed by atoms with Gasteiger partial charge in [-0.2, -0.15) is 0 Å². The summed E-state index contributed by atoms with van der Waals surface area (Å²) in [5.41, 5.74) is 1.11. The van der Waals surface area contributed by atoms with Crippen molar-refractivity contribution in [2.75, 3.05) is 19.1 Å². The van der Waals surface area contributed by atoms with Gasteiger partial charge in [-0.3, -0.25) is 4.79 Å². The zero-order chi connectivity index (χ0) is 15.2. The van der Waals surface area contributed by atoms with E-state index in [0.29, 0.717) is 11.7 Å². The SMILES string of the molecule is CC(C)CCNC(=O)CSCc1cc2c(cc1Br)OCO2. The fourth-order valence-electron chi connectivity index (χ4n) is 1.87. The quantitative estimate of drug-likeness (QED) is 0.793. The standard InChI is InChI=1S/C15H20BrNO3S/c1-10(2)3-4-17-15(18)8-21-7-11-5-13-14(6-12(11)16)20-9-19-13/h5-6,10H,3-4,7-9H2,1-2H3,(H,17,18). The maximum absolute atomic E-state index is 11.7. The summed E-state index contributed by atoms with van der Waals surface area (Å²) in [5, 5.41) is 2.94. The van der Waals surface area contributed by atoms with Gasteiger partial charge >= 0.3 is 0 Å². The third kappa shape index (κ3) is 5.11. The molecule has 0 saturated carbocycles. The second-order valence-corrected chi connectivity index (χ2v) is 7.16. The van der Waals surface area contributed by atoms with Gasteiger partial charge in [0.2, 0.25) is 12.7 Å². The number of rotatable bonds is 7. The number of halogens is 1. The zero-order valence-corrected chi connectivity index (χ0v) is 14.7. The van der Waals surface area contributed by atoms with Gasteiger partial charge in [-0.15, -0.1) is 11.8 Å². The molecule has 1 amide bonds. The molecule has 0 unspecified atom stereocenters. The van der Waals surface area contributed by atoms with Crippen LogP contribution in [0.25, 0.3) is 0 Å². The second kappa shape index (κ2) is 7.94. The lowest BCUT2D eigenvalue weighted by Crippen LogP contribution is -2.26. The minimum absolute atomic E-state index is 0.0949. The highest BCUT2D eigenvalue weighted by molar-refractivity contribution is 9.10. The molecule has 1 N–H and O–H groups in total. The summed E-state index contributed by atoms with van der Waals surface area (Å²) < 4.78 is 11.7. The van der Waals surface area contributed by atoms with Crippen molar-refractivity contribution in [1.82, 2.24) is 5.32 Å². The van der Waals surface area contributed by atoms with Crippen molar-refractivity contribution in [3.05, 3.63) is 22.2 Å². The number of carbonyl (C=O) groups is 1. The van der Waals surface area contributed by atoms with Crippen LogP contribution in [0.5, 0.6) is 11.5 Å². The van der Waals surface area contributed by atoms with Gasteiger partial charge < -0.3 is 14.8 Å². The predicted octanol–water partition coefficient (Wildman–Crippen LogP) is 3.57. The number of thioether (sulfide) groups is 1. The van der Waals surface area contributed by atoms with E-state index >= 15 is 0 Å². The average Bonchev–Trinajstić information content (AvgIpc) is 2.85. The Hall–Kier alpha value is -0.880. The molecule has 0 aliphatic carbocycles. The number of fused-ring (bicyclic) bond motifs is 1. The zero-order valence-electron chi connectivity index (χ0n) is 12.3. The summed E-state index contributed by atoms with van der Waals surface area (Å²) in [6.45, 7) is 5.33. The minimum Gasteiger partial charge on any atom is -0.454 e. The molecule has 0 spiro atoms. The highest BCUT2D eigenvalue weighted by Crippen LogP contribution is 2.38. The number of ether oxygens (including phenoxy) is 2. The summed E-state index contributed by atoms with van der Waals surface area (Å²) >= 11 is 5.12. The average molecular weight is 374 g/mol. The molecule has 1 aliphatic heterocycles. The molecule has 0 atom stereocenters. The molecule has 1 aliphatic rings. The molecule has 1 aromatic rings. The molecule has 0 fully saturated rings. The first-order valence-corrected chi connectivity index (χ1v) is 8.93. The molecule has 0 saturated heterocycles. The van der Waals surface area contributed by atoms with E-state index in [1.807, 2.05) is 12.1 Å². The molecule has 1 heterocycles. The van der Waals surface area contributed by atoms with Crippen LogP contribution < -0.4 is 14.8 Å². The van der Waals surface area contributed by atoms with Gasteiger partial charge in [0.05, 0.1) is 5.75 Å². The fraction of sp³-hybridized carbons (Fsp3) is 0.533. The smallest absolute Gasteiger partial charge is 0.231 e. The van der Waals surface area contributed by atoms with Crippen LogP contribution in [-0.4, -0.2) is 25.0 Å². The molecular formula is C15H20BrNO3S. The van der Waals surface area contributed by atoms with Gasteiger partial charge in [0, 0.05) is 16.8 Å². The maximum Gasteiger partial charge on any atom is 0.231 e. The lowest BCUT2D eigenvalue weighted by Gasteiger charge is -2.08. The van der Waals surface area contributed by atoms with E-state index in [4.69, 9.17) is 9.47 Å². The first kappa shape index (κ1) is 16.5. The molecule has 116 valence electrons. The summed E-state index contributed by atoms with van der Waals surface area (Å²) in [6.07, 6.45) is 1.02. The lowest BCUT2D eigenvalue weighted by atomic mass is 10.1. The van der Waals surface area contributed by atoms with Gasteiger partial charge in [0.15, 0.2) is 11.5 Å². The Kier molecular flexibility index (Phi) is 6.23. The van der Waals surface area contributed by atoms with Gasteiger partial charge in [-0.25, -0.2) is 0 Å². The minimum atomic E-state index is 0.0949. The summed E-state index contributed by atoms with van der Waals surface area (Å²) in [7, 11) is 0. The third-order valence-corrected chi connectivity index (χ3v) is 4.80. The van der Waals surface area contributed by atoms with Crippen LogP contribution in [0.4, 0.5) is 0 Å². The largest absolute Gasteiger partial charge is 0.454 e. The van der Waals surface area contributed by atoms with E-state index in [2.05, 4.69) is 35.1 Å². The van der Waals surface area contributed by atoms with Crippen molar-refractivity contribution in [3.63, 3.8) is 0 Å². The van der Waals surface area contributed by atoms with E-state index in [1.165, 1.54) is 0 Å². The summed E-state index contributed by atoms with van der Waals surface area (Å²) in [6, 6.07) is 3.89. The predicted molar refractivity (Wildman–Crippen MR) is 88.9 cm³/mol. The Balaban J connectivity index is 1.75. The van der Waals surface area contributed by atoms with Gasteiger partial charge in [-0.05, 0) is 30.0 Å². The molecule has 0 bridgehead atoms. The van der Waals surface area contributed by atoms with Crippen molar-refractivity contribution in [2.45, 2.75) is 26.0 Å². The molecule has 6 heteroatoms. The van der Waals surface area contributed by atoms with Gasteiger partial charge in [-0.1, -0.05) is 29.8 Å². The number of hydrogen-bond acceptors (Lipinski definition) is 4. The number of nitrogens with one attached hydrogen (secondary N) is 1. The number of benzene rings is 1. The maximum atomic E-state index is 11.7. The first-order chi connectivity index (χ1) is 10.1. The van der Waals surface area contributed by atoms with E-state index in [9.17, 15) is 4.79 Å². The Labute approximate surface area is 138 Å². The lowest BCUT2D eigenvalue weighted by molar-refractivity contribution is -0.118. The number of amides is 1. The molecular weight excluding hydrogens is 354 g/mol. The van der Waals surface area contributed by atoms with Gasteiger partial charge in [0.25, 0.3) is 0 Å². The molecule has 0 radical (unpaired) electrons. The monoisotopic (exact) mass is 373 g/mol. The number of carbonyl (C=O) groups excluding carboxylic acids is 1. The van der Waals surface area contributed by atoms with E-state index in [-0.39, 0.29) is 12.7 Å². The normalized spacial score (nSPS) is 12.8. The van der Waals surface area contributed by atoms with Crippen molar-refractivity contribution in [3.8, 4) is 11.5 Å². The van der Waals surface area contributed by atoms with Gasteiger partial charge in [0.1, 0.15) is 0 Å². The first-order valence-electron chi connectivity index (χ1n) is 6.98. The Morgan fingerprint density at radius 1 is 1.38 bits per heavy atom. The topological polar surface area (TPSA) is 47.6 Å². The van der Waals surface area contributed by atoms with E-state index < -0.39 is 0 Å². The fourth-order valence-corrected chi connectivity index (χ4v) is 3.37. The Morgan fingerprint density at radius 2 is 2.10 bits per heavy atom. The Morgan fingerprint density at radius 3 is 2.81 bits per heavy atom. The van der Waals surface area contributed by atoms with Crippen LogP contribution in [0.15, 0.2) is 16.6 Å². The van der Waals surface area contributed by atoms with Crippen LogP contribution in [-0.2, 0) is 10.5 Å². The van der Waals surface area contributed by atoms with Crippen LogP contribution in [0.2, 0.25) is 0 Å². The second-order valence-electron chi connectivity index (χ2n) is 5.32. The van der Waals surface area contributed by atoms with Crippen LogP contribution >= 0.6 is 27.7 Å². The molecule has 1 aromatic carbocycles. The molecule has 2 rings (SSSR count). The van der Waals surface area contributed by atoms with Crippen molar-refractivity contribution >= 4 is 33.6 Å². The van der Waals surface area contributed by atoms with Crippen LogP contribution in [0.3, 0.4) is 0 Å².